The molecule has 0 saturated heterocycles. The van der Waals surface area contributed by atoms with Gasteiger partial charge in [0.15, 0.2) is 0 Å². The summed E-state index contributed by atoms with van der Waals surface area (Å²) >= 11 is 0. The number of hydrogen-bond acceptors (Lipinski definition) is 5. The van der Waals surface area contributed by atoms with Gasteiger partial charge in [-0.25, -0.2) is 0 Å². The molecule has 0 atom stereocenters. The van der Waals surface area contributed by atoms with Crippen LogP contribution in [0.4, 0.5) is 5.69 Å². The van der Waals surface area contributed by atoms with E-state index in [1.165, 1.54) is 18.2 Å². The predicted octanol–water partition coefficient (Wildman–Crippen LogP) is 1.49. The van der Waals surface area contributed by atoms with Crippen molar-refractivity contribution in [2.45, 2.75) is 0 Å². The summed E-state index contributed by atoms with van der Waals surface area (Å²) in [6, 6.07) is 10.7. The van der Waals surface area contributed by atoms with Crippen molar-refractivity contribution in [3.05, 3.63) is 48.0 Å². The van der Waals surface area contributed by atoms with Gasteiger partial charge in [0.25, 0.3) is 5.91 Å². The molecule has 110 valence electrons. The lowest BCUT2D eigenvalue weighted by molar-refractivity contribution is 0.0944. The first-order chi connectivity index (χ1) is 10.1. The Morgan fingerprint density at radius 3 is 2.57 bits per heavy atom. The standard InChI is InChI=1S/C15H16N2O4/c16-10-1-4-12(5-2-10)21-8-7-17-15(20)13-9-11(18)3-6-14(13)19/h1-6,9,18-19H,7-8,16H2,(H,17,20). The lowest BCUT2D eigenvalue weighted by Gasteiger charge is -2.09. The van der Waals surface area contributed by atoms with Crippen molar-refractivity contribution in [2.24, 2.45) is 0 Å². The molecule has 0 aliphatic rings. The minimum absolute atomic E-state index is 0.0162. The maximum atomic E-state index is 11.8. The summed E-state index contributed by atoms with van der Waals surface area (Å²) < 4.78 is 5.42. The highest BCUT2D eigenvalue weighted by molar-refractivity contribution is 5.97. The van der Waals surface area contributed by atoms with E-state index in [2.05, 4.69) is 5.32 Å². The van der Waals surface area contributed by atoms with Crippen molar-refractivity contribution in [3.8, 4) is 17.2 Å². The van der Waals surface area contributed by atoms with E-state index in [1.54, 1.807) is 24.3 Å². The quantitative estimate of drug-likeness (QED) is 0.379. The number of nitrogens with one attached hydrogen (secondary N) is 1. The van der Waals surface area contributed by atoms with E-state index in [1.807, 2.05) is 0 Å². The average Bonchev–Trinajstić information content (AvgIpc) is 2.47. The van der Waals surface area contributed by atoms with Crippen LogP contribution < -0.4 is 15.8 Å². The minimum atomic E-state index is -0.482. The van der Waals surface area contributed by atoms with E-state index in [9.17, 15) is 15.0 Å². The first-order valence-corrected chi connectivity index (χ1v) is 6.35. The van der Waals surface area contributed by atoms with Crippen molar-refractivity contribution in [2.75, 3.05) is 18.9 Å². The van der Waals surface area contributed by atoms with E-state index >= 15 is 0 Å². The fourth-order valence-electron chi connectivity index (χ4n) is 1.70. The summed E-state index contributed by atoms with van der Waals surface area (Å²) in [7, 11) is 0. The van der Waals surface area contributed by atoms with Crippen molar-refractivity contribution in [1.82, 2.24) is 5.32 Å². The van der Waals surface area contributed by atoms with Gasteiger partial charge in [-0.05, 0) is 42.5 Å². The van der Waals surface area contributed by atoms with Crippen molar-refractivity contribution in [3.63, 3.8) is 0 Å². The van der Waals surface area contributed by atoms with Crippen LogP contribution >= 0.6 is 0 Å². The van der Waals surface area contributed by atoms with E-state index in [0.717, 1.165) is 0 Å². The topological polar surface area (TPSA) is 105 Å². The third-order valence-corrected chi connectivity index (χ3v) is 2.76. The highest BCUT2D eigenvalue weighted by atomic mass is 16.5. The molecule has 2 aromatic carbocycles. The molecule has 0 saturated carbocycles. The van der Waals surface area contributed by atoms with Crippen LogP contribution in [0.2, 0.25) is 0 Å². The van der Waals surface area contributed by atoms with E-state index in [-0.39, 0.29) is 30.2 Å². The zero-order valence-corrected chi connectivity index (χ0v) is 11.2. The van der Waals surface area contributed by atoms with Gasteiger partial charge in [0.1, 0.15) is 23.9 Å². The molecule has 0 bridgehead atoms. The third kappa shape index (κ3) is 4.04. The normalized spacial score (nSPS) is 10.1. The number of benzene rings is 2. The number of rotatable bonds is 5. The smallest absolute Gasteiger partial charge is 0.255 e. The van der Waals surface area contributed by atoms with Crippen LogP contribution in [-0.4, -0.2) is 29.3 Å². The number of ether oxygens (including phenoxy) is 1. The molecule has 6 heteroatoms. The summed E-state index contributed by atoms with van der Waals surface area (Å²) in [5, 5.41) is 21.4. The highest BCUT2D eigenvalue weighted by Gasteiger charge is 2.11. The SMILES string of the molecule is Nc1ccc(OCCNC(=O)c2cc(O)ccc2O)cc1. The first kappa shape index (κ1) is 14.5. The maximum absolute atomic E-state index is 11.8. The summed E-state index contributed by atoms with van der Waals surface area (Å²) in [4.78, 5) is 11.8. The Morgan fingerprint density at radius 2 is 1.86 bits per heavy atom. The molecule has 2 aromatic rings. The van der Waals surface area contributed by atoms with Crippen LogP contribution in [0.15, 0.2) is 42.5 Å². The average molecular weight is 288 g/mol. The Bertz CT molecular complexity index is 626. The van der Waals surface area contributed by atoms with Gasteiger partial charge in [0, 0.05) is 5.69 Å². The Hall–Kier alpha value is -2.89. The minimum Gasteiger partial charge on any atom is -0.508 e. The van der Waals surface area contributed by atoms with Gasteiger partial charge in [-0.1, -0.05) is 0 Å². The summed E-state index contributed by atoms with van der Waals surface area (Å²) in [6.45, 7) is 0.535. The highest BCUT2D eigenvalue weighted by Crippen LogP contribution is 2.21. The summed E-state index contributed by atoms with van der Waals surface area (Å²) in [5.74, 6) is -0.108. The molecule has 5 N–H and O–H groups in total. The summed E-state index contributed by atoms with van der Waals surface area (Å²) in [5.41, 5.74) is 6.22. The molecule has 6 nitrogen and oxygen atoms in total. The molecule has 0 radical (unpaired) electrons. The van der Waals surface area contributed by atoms with Gasteiger partial charge in [0.2, 0.25) is 0 Å². The molecule has 1 amide bonds. The number of phenols is 2. The second-order valence-corrected chi connectivity index (χ2v) is 4.37. The molecule has 0 heterocycles. The van der Waals surface area contributed by atoms with E-state index in [4.69, 9.17) is 10.5 Å². The largest absolute Gasteiger partial charge is 0.508 e. The van der Waals surface area contributed by atoms with Gasteiger partial charge in [-0.2, -0.15) is 0 Å². The number of aromatic hydroxyl groups is 2. The van der Waals surface area contributed by atoms with Crippen LogP contribution in [0.25, 0.3) is 0 Å². The third-order valence-electron chi connectivity index (χ3n) is 2.76. The molecule has 21 heavy (non-hydrogen) atoms. The zero-order valence-electron chi connectivity index (χ0n) is 11.2. The molecular formula is C15H16N2O4. The molecular weight excluding hydrogens is 272 g/mol. The van der Waals surface area contributed by atoms with Gasteiger partial charge >= 0.3 is 0 Å². The molecule has 0 unspecified atom stereocenters. The number of nitrogen functional groups attached to an aromatic ring is 1. The van der Waals surface area contributed by atoms with Crippen LogP contribution in [0.5, 0.6) is 17.2 Å². The second kappa shape index (κ2) is 6.51. The van der Waals surface area contributed by atoms with E-state index < -0.39 is 5.91 Å². The number of amides is 1. The van der Waals surface area contributed by atoms with Crippen LogP contribution in [-0.2, 0) is 0 Å². The predicted molar refractivity (Wildman–Crippen MR) is 78.5 cm³/mol. The number of carbonyl (C=O) groups excluding carboxylic acids is 1. The number of carbonyl (C=O) groups is 1. The van der Waals surface area contributed by atoms with E-state index in [0.29, 0.717) is 11.4 Å². The van der Waals surface area contributed by atoms with Crippen molar-refractivity contribution < 1.29 is 19.7 Å². The Morgan fingerprint density at radius 1 is 1.14 bits per heavy atom. The molecule has 0 fully saturated rings. The van der Waals surface area contributed by atoms with Crippen molar-refractivity contribution in [1.29, 1.82) is 0 Å². The monoisotopic (exact) mass is 288 g/mol. The van der Waals surface area contributed by atoms with Crippen LogP contribution in [0.3, 0.4) is 0 Å². The molecule has 0 spiro atoms. The maximum Gasteiger partial charge on any atom is 0.255 e. The molecule has 2 rings (SSSR count). The Balaban J connectivity index is 1.81. The lowest BCUT2D eigenvalue weighted by atomic mass is 10.2. The molecule has 0 aliphatic heterocycles. The van der Waals surface area contributed by atoms with Gasteiger partial charge < -0.3 is 26.0 Å². The number of hydrogen-bond donors (Lipinski definition) is 4. The number of nitrogens with two attached hydrogens (primary N) is 1. The van der Waals surface area contributed by atoms with Gasteiger partial charge in [-0.3, -0.25) is 4.79 Å². The molecule has 0 aromatic heterocycles. The van der Waals surface area contributed by atoms with Crippen molar-refractivity contribution >= 4 is 11.6 Å². The molecule has 0 aliphatic carbocycles. The Labute approximate surface area is 121 Å². The first-order valence-electron chi connectivity index (χ1n) is 6.35. The van der Waals surface area contributed by atoms with Gasteiger partial charge in [0.05, 0.1) is 12.1 Å². The number of phenolic OH excluding ortho intramolecular Hbond substituents is 2. The lowest BCUT2D eigenvalue weighted by Crippen LogP contribution is -2.28. The zero-order chi connectivity index (χ0) is 15.2. The second-order valence-electron chi connectivity index (χ2n) is 4.37. The van der Waals surface area contributed by atoms with Crippen LogP contribution in [0, 0.1) is 0 Å². The van der Waals surface area contributed by atoms with Gasteiger partial charge in [-0.15, -0.1) is 0 Å². The summed E-state index contributed by atoms with van der Waals surface area (Å²) in [6.07, 6.45) is 0. The fraction of sp³-hybridized carbons (Fsp3) is 0.133. The number of anilines is 1. The van der Waals surface area contributed by atoms with Crippen LogP contribution in [0.1, 0.15) is 10.4 Å². The Kier molecular flexibility index (Phi) is 4.50. The fourth-order valence-corrected chi connectivity index (χ4v) is 1.70.